The van der Waals surface area contributed by atoms with Gasteiger partial charge in [-0.1, -0.05) is 102 Å². The van der Waals surface area contributed by atoms with Crippen LogP contribution in [0.5, 0.6) is 0 Å². The van der Waals surface area contributed by atoms with Crippen molar-refractivity contribution in [2.24, 2.45) is 0 Å². The predicted molar refractivity (Wildman–Crippen MR) is 252 cm³/mol. The number of morpholine rings is 1. The number of carbonyl (C=O) groups is 3. The van der Waals surface area contributed by atoms with Crippen molar-refractivity contribution in [3.8, 4) is 21.8 Å². The molecular formula is C48H66N6O6S2. The molecule has 14 heteroatoms. The van der Waals surface area contributed by atoms with E-state index in [0.29, 0.717) is 17.0 Å². The van der Waals surface area contributed by atoms with E-state index in [-0.39, 0.29) is 26.1 Å². The van der Waals surface area contributed by atoms with E-state index in [1.165, 1.54) is 81.2 Å². The van der Waals surface area contributed by atoms with E-state index in [2.05, 4.69) is 43.1 Å². The number of hydrogen-bond donors (Lipinski definition) is 1. The van der Waals surface area contributed by atoms with Gasteiger partial charge >= 0.3 is 11.9 Å². The molecule has 4 aromatic heterocycles. The van der Waals surface area contributed by atoms with Crippen molar-refractivity contribution >= 4 is 51.2 Å². The number of unbranched alkanes of at least 4 members (excludes halogenated alkanes) is 12. The molecule has 0 saturated carbocycles. The van der Waals surface area contributed by atoms with Crippen LogP contribution in [-0.2, 0) is 30.3 Å². The van der Waals surface area contributed by atoms with Gasteiger partial charge in [0.1, 0.15) is 15.5 Å². The lowest BCUT2D eigenvalue weighted by atomic mass is 10.0. The number of aryl methyl sites for hydroxylation is 1. The third kappa shape index (κ3) is 15.0. The minimum atomic E-state index is -0.579. The highest BCUT2D eigenvalue weighted by Gasteiger charge is 2.22. The molecule has 0 unspecified atom stereocenters. The van der Waals surface area contributed by atoms with Gasteiger partial charge in [0.2, 0.25) is 0 Å². The number of nitrogens with one attached hydrogen (secondary N) is 1. The second kappa shape index (κ2) is 26.7. The lowest BCUT2D eigenvalue weighted by Crippen LogP contribution is -2.35. The summed E-state index contributed by atoms with van der Waals surface area (Å²) in [4.78, 5) is 54.4. The Bertz CT molecular complexity index is 2140. The Labute approximate surface area is 376 Å². The van der Waals surface area contributed by atoms with Crippen LogP contribution < -0.4 is 5.32 Å². The third-order valence-corrected chi connectivity index (χ3v) is 12.6. The number of carbonyl (C=O) groups excluding carboxylic acids is 3. The van der Waals surface area contributed by atoms with E-state index < -0.39 is 11.9 Å². The first-order chi connectivity index (χ1) is 30.3. The van der Waals surface area contributed by atoms with Gasteiger partial charge in [-0.3, -0.25) is 19.1 Å². The number of fused-ring (bicyclic) bond motifs is 1. The maximum Gasteiger partial charge on any atom is 0.345 e. The van der Waals surface area contributed by atoms with Gasteiger partial charge in [-0.05, 0) is 51.8 Å². The number of nitrogens with zero attached hydrogens (tertiary/aromatic N) is 5. The molecular weight excluding hydrogens is 821 g/mol. The topological polar surface area (TPSA) is 137 Å². The highest BCUT2D eigenvalue weighted by molar-refractivity contribution is 7.17. The number of benzene rings is 1. The smallest absolute Gasteiger partial charge is 0.345 e. The summed E-state index contributed by atoms with van der Waals surface area (Å²) in [6.45, 7) is 12.4. The number of ether oxygens (including phenoxy) is 3. The molecule has 0 atom stereocenters. The largest absolute Gasteiger partial charge is 0.462 e. The van der Waals surface area contributed by atoms with Crippen molar-refractivity contribution in [1.29, 1.82) is 0 Å². The zero-order valence-electron chi connectivity index (χ0n) is 37.0. The van der Waals surface area contributed by atoms with Crippen molar-refractivity contribution in [3.05, 3.63) is 88.3 Å². The number of pyridine rings is 1. The normalized spacial score (nSPS) is 12.7. The molecule has 1 aliphatic rings. The predicted octanol–water partition coefficient (Wildman–Crippen LogP) is 11.4. The molecule has 62 heavy (non-hydrogen) atoms. The molecule has 1 aromatic carbocycles. The number of thiazole rings is 2. The van der Waals surface area contributed by atoms with Crippen LogP contribution in [0.25, 0.3) is 26.8 Å². The number of para-hydroxylation sites is 1. The number of rotatable bonds is 23. The fourth-order valence-electron chi connectivity index (χ4n) is 7.18. The van der Waals surface area contributed by atoms with Crippen LogP contribution in [0, 0.1) is 6.92 Å². The first-order valence-electron chi connectivity index (χ1n) is 22.4. The fraction of sp³-hybridized carbons (Fsp3) is 0.500. The summed E-state index contributed by atoms with van der Waals surface area (Å²) in [6, 6.07) is 11.6. The van der Waals surface area contributed by atoms with Crippen molar-refractivity contribution in [1.82, 2.24) is 24.3 Å². The van der Waals surface area contributed by atoms with Gasteiger partial charge in [-0.25, -0.2) is 19.6 Å². The minimum Gasteiger partial charge on any atom is -0.462 e. The zero-order chi connectivity index (χ0) is 43.9. The van der Waals surface area contributed by atoms with Crippen molar-refractivity contribution in [2.45, 2.75) is 118 Å². The highest BCUT2D eigenvalue weighted by Crippen LogP contribution is 2.32. The highest BCUT2D eigenvalue weighted by atomic mass is 32.1. The van der Waals surface area contributed by atoms with E-state index in [4.69, 9.17) is 19.2 Å². The van der Waals surface area contributed by atoms with Gasteiger partial charge < -0.3 is 19.5 Å². The third-order valence-electron chi connectivity index (χ3n) is 10.5. The van der Waals surface area contributed by atoms with E-state index in [0.717, 1.165) is 78.2 Å². The van der Waals surface area contributed by atoms with Gasteiger partial charge in [0.15, 0.2) is 4.96 Å². The van der Waals surface area contributed by atoms with Crippen molar-refractivity contribution in [2.75, 3.05) is 44.8 Å². The molecule has 0 spiro atoms. The Kier molecular flexibility index (Phi) is 20.8. The number of imidazole rings is 1. The van der Waals surface area contributed by atoms with E-state index >= 15 is 0 Å². The molecule has 6 rings (SSSR count). The first-order valence-corrected chi connectivity index (χ1v) is 24.1. The van der Waals surface area contributed by atoms with Crippen LogP contribution in [0.2, 0.25) is 0 Å². The summed E-state index contributed by atoms with van der Waals surface area (Å²) >= 11 is 3.00. The molecule has 1 amide bonds. The van der Waals surface area contributed by atoms with Gasteiger partial charge in [0.25, 0.3) is 5.91 Å². The molecule has 5 heterocycles. The minimum absolute atomic E-state index is 0. The maximum atomic E-state index is 13.3. The summed E-state index contributed by atoms with van der Waals surface area (Å²) in [5.41, 5.74) is 5.28. The number of aromatic nitrogens is 4. The number of amides is 1. The van der Waals surface area contributed by atoms with Crippen LogP contribution in [-0.4, -0.2) is 81.6 Å². The Morgan fingerprint density at radius 3 is 2.16 bits per heavy atom. The SMILES string of the molecule is CCCCCCCCCCCCCCC=C(C(=O)OCC)C(=O)OCC.Cc1nc(-c2cccnc2)sc1C(=O)Nc1ccccc1-c1cn2c(CN3CCOCC3)csc2n1.[HH]. The second-order valence-electron chi connectivity index (χ2n) is 15.3. The lowest BCUT2D eigenvalue weighted by Gasteiger charge is -2.26. The van der Waals surface area contributed by atoms with Gasteiger partial charge in [-0.2, -0.15) is 0 Å². The average molecular weight is 887 g/mol. The van der Waals surface area contributed by atoms with E-state index in [1.807, 2.05) is 43.3 Å². The lowest BCUT2D eigenvalue weighted by molar-refractivity contribution is -0.146. The molecule has 1 fully saturated rings. The maximum absolute atomic E-state index is 13.3. The molecule has 336 valence electrons. The molecule has 12 nitrogen and oxygen atoms in total. The number of hydrogen-bond acceptors (Lipinski definition) is 12. The van der Waals surface area contributed by atoms with Crippen molar-refractivity contribution < 1.29 is 30.0 Å². The standard InChI is InChI=1S/C26H24N6O2S2.C22H40O4.H2/c1-17-23(36-25(28-17)18-5-4-8-27-13-18)24(33)29-21-7-3-2-6-20(21)22-15-32-19(16-35-26(32)30-22)14-31-9-11-34-12-10-31;1-4-7-8-9-10-11-12-13-14-15-16-17-18-19-20(21(23)25-5-2)22(24)26-6-3;/h2-8,13,15-16H,9-12,14H2,1H3,(H,29,33);19H,4-18H2,1-3H3;1H. The summed E-state index contributed by atoms with van der Waals surface area (Å²) in [5.74, 6) is -1.34. The van der Waals surface area contributed by atoms with E-state index in [9.17, 15) is 14.4 Å². The molecule has 1 saturated heterocycles. The molecule has 0 bridgehead atoms. The molecule has 1 aliphatic heterocycles. The number of allylic oxidation sites excluding steroid dienone is 1. The van der Waals surface area contributed by atoms with Crippen LogP contribution >= 0.6 is 22.7 Å². The first kappa shape index (κ1) is 48.3. The monoisotopic (exact) mass is 886 g/mol. The van der Waals surface area contributed by atoms with Crippen molar-refractivity contribution in [3.63, 3.8) is 0 Å². The van der Waals surface area contributed by atoms with Gasteiger partial charge in [0.05, 0.1) is 43.5 Å². The quantitative estimate of drug-likeness (QED) is 0.0222. The number of esters is 2. The average Bonchev–Trinajstić information content (AvgIpc) is 4.00. The number of anilines is 1. The fourth-order valence-corrected chi connectivity index (χ4v) is 8.99. The van der Waals surface area contributed by atoms with Gasteiger partial charge in [-0.15, -0.1) is 22.7 Å². The zero-order valence-corrected chi connectivity index (χ0v) is 38.6. The van der Waals surface area contributed by atoms with Crippen LogP contribution in [0.4, 0.5) is 5.69 Å². The van der Waals surface area contributed by atoms with Crippen LogP contribution in [0.1, 0.15) is 127 Å². The molecule has 5 aromatic rings. The summed E-state index contributed by atoms with van der Waals surface area (Å²) < 4.78 is 17.5. The Hall–Kier alpha value is -4.76. The summed E-state index contributed by atoms with van der Waals surface area (Å²) in [7, 11) is 0. The summed E-state index contributed by atoms with van der Waals surface area (Å²) in [5, 5.41) is 6.04. The Balaban J connectivity index is 0.000000290. The Morgan fingerprint density at radius 2 is 1.52 bits per heavy atom. The molecule has 0 aliphatic carbocycles. The molecule has 0 radical (unpaired) electrons. The molecule has 1 N–H and O–H groups in total. The van der Waals surface area contributed by atoms with Gasteiger partial charge in [0, 0.05) is 61.9 Å². The Morgan fingerprint density at radius 1 is 0.855 bits per heavy atom. The van der Waals surface area contributed by atoms with Crippen LogP contribution in [0.3, 0.4) is 0 Å². The second-order valence-corrected chi connectivity index (χ2v) is 17.1. The summed E-state index contributed by atoms with van der Waals surface area (Å²) in [6.07, 6.45) is 23.4. The van der Waals surface area contributed by atoms with Crippen LogP contribution in [0.15, 0.2) is 72.0 Å². The van der Waals surface area contributed by atoms with E-state index in [1.54, 1.807) is 43.7 Å².